The number of hydrogen-bond donors (Lipinski definition) is 3. The van der Waals surface area contributed by atoms with E-state index in [1.807, 2.05) is 12.2 Å². The Morgan fingerprint density at radius 1 is 0.284 bits per heavy atom. The van der Waals surface area contributed by atoms with E-state index in [1.165, 1.54) is 32.1 Å². The lowest BCUT2D eigenvalue weighted by Crippen LogP contribution is -2.30. The summed E-state index contributed by atoms with van der Waals surface area (Å²) in [7, 11) is -9.99. The lowest BCUT2D eigenvalue weighted by atomic mass is 10.1. The molecular weight excluding hydrogens is 1330 g/mol. The van der Waals surface area contributed by atoms with E-state index < -0.39 is 97.5 Å². The summed E-state index contributed by atoms with van der Waals surface area (Å²) in [6, 6.07) is 0. The number of phosphoric ester groups is 2. The highest BCUT2D eigenvalue weighted by molar-refractivity contribution is 7.47. The normalized spacial score (nSPS) is 14.7. The minimum atomic E-state index is -5.00. The quantitative estimate of drug-likeness (QED) is 0.0169. The van der Waals surface area contributed by atoms with Crippen LogP contribution in [0.2, 0.25) is 0 Å². The van der Waals surface area contributed by atoms with E-state index in [9.17, 15) is 43.2 Å². The lowest BCUT2D eigenvalue weighted by molar-refractivity contribution is -0.161. The van der Waals surface area contributed by atoms with Gasteiger partial charge in [-0.2, -0.15) is 0 Å². The summed E-state index contributed by atoms with van der Waals surface area (Å²) >= 11 is 0. The van der Waals surface area contributed by atoms with E-state index >= 15 is 0 Å². The molecule has 0 fully saturated rings. The van der Waals surface area contributed by atoms with Gasteiger partial charge < -0.3 is 33.8 Å². The van der Waals surface area contributed by atoms with Crippen molar-refractivity contribution in [1.82, 2.24) is 0 Å². The number of rotatable bonds is 72. The number of hydrogen-bond acceptors (Lipinski definition) is 15. The van der Waals surface area contributed by atoms with E-state index in [0.717, 1.165) is 180 Å². The predicted molar refractivity (Wildman–Crippen MR) is 417 cm³/mol. The predicted octanol–water partition coefficient (Wildman–Crippen LogP) is 22.7. The number of allylic oxidation sites excluding steroid dienone is 24. The fourth-order valence-electron chi connectivity index (χ4n) is 9.85. The molecule has 0 rings (SSSR count). The van der Waals surface area contributed by atoms with Gasteiger partial charge in [0.2, 0.25) is 0 Å². The highest BCUT2D eigenvalue weighted by Crippen LogP contribution is 2.45. The molecule has 0 aliphatic rings. The Bertz CT molecular complexity index is 2510. The summed E-state index contributed by atoms with van der Waals surface area (Å²) in [6.07, 6.45) is 84.2. The van der Waals surface area contributed by atoms with Crippen LogP contribution in [-0.4, -0.2) is 96.7 Å². The molecule has 0 aliphatic carbocycles. The Morgan fingerprint density at radius 2 is 0.529 bits per heavy atom. The van der Waals surface area contributed by atoms with Crippen LogP contribution in [0.4, 0.5) is 0 Å². The van der Waals surface area contributed by atoms with Crippen LogP contribution < -0.4 is 0 Å². The third-order valence-electron chi connectivity index (χ3n) is 15.8. The fourth-order valence-corrected chi connectivity index (χ4v) is 11.4. The van der Waals surface area contributed by atoms with E-state index in [2.05, 4.69) is 161 Å². The maximum atomic E-state index is 13.1. The smallest absolute Gasteiger partial charge is 0.462 e. The first kappa shape index (κ1) is 96.9. The third-order valence-corrected chi connectivity index (χ3v) is 17.7. The molecule has 19 heteroatoms. The number of carbonyl (C=O) groups is 4. The second-order valence-corrected chi connectivity index (χ2v) is 28.4. The van der Waals surface area contributed by atoms with Crippen LogP contribution in [-0.2, 0) is 65.4 Å². The lowest BCUT2D eigenvalue weighted by Gasteiger charge is -2.21. The number of ether oxygens (including phenoxy) is 4. The van der Waals surface area contributed by atoms with Crippen molar-refractivity contribution < 1.29 is 80.2 Å². The average molecular weight is 1470 g/mol. The van der Waals surface area contributed by atoms with Gasteiger partial charge in [-0.1, -0.05) is 263 Å². The van der Waals surface area contributed by atoms with Gasteiger partial charge in [0, 0.05) is 25.7 Å². The van der Waals surface area contributed by atoms with Gasteiger partial charge in [-0.15, -0.1) is 0 Å². The molecule has 3 N–H and O–H groups in total. The van der Waals surface area contributed by atoms with Gasteiger partial charge in [-0.05, 0) is 154 Å². The van der Waals surface area contributed by atoms with Crippen LogP contribution in [0.15, 0.2) is 146 Å². The average Bonchev–Trinajstić information content (AvgIpc) is 0.927. The second kappa shape index (κ2) is 74.2. The van der Waals surface area contributed by atoms with Gasteiger partial charge in [0.05, 0.1) is 26.4 Å². The molecule has 0 saturated carbocycles. The van der Waals surface area contributed by atoms with Crippen molar-refractivity contribution in [2.45, 2.75) is 316 Å². The topological polar surface area (TPSA) is 237 Å². The largest absolute Gasteiger partial charge is 0.472 e. The Balaban J connectivity index is 5.42. The van der Waals surface area contributed by atoms with Crippen molar-refractivity contribution in [2.24, 2.45) is 0 Å². The molecule has 582 valence electrons. The third kappa shape index (κ3) is 73.3. The molecule has 0 bridgehead atoms. The number of esters is 4. The molecule has 0 aliphatic heterocycles. The molecule has 0 aromatic rings. The summed E-state index contributed by atoms with van der Waals surface area (Å²) in [5.41, 5.74) is 0. The van der Waals surface area contributed by atoms with E-state index in [1.54, 1.807) is 0 Å². The van der Waals surface area contributed by atoms with Crippen LogP contribution in [0.25, 0.3) is 0 Å². The summed E-state index contributed by atoms with van der Waals surface area (Å²) in [5, 5.41) is 10.6. The Hall–Kier alpha value is -5.06. The molecule has 0 amide bonds. The zero-order valence-corrected chi connectivity index (χ0v) is 65.3. The molecule has 0 saturated heterocycles. The molecule has 0 heterocycles. The van der Waals surface area contributed by atoms with Gasteiger partial charge in [-0.25, -0.2) is 9.13 Å². The van der Waals surface area contributed by atoms with Crippen LogP contribution in [0.1, 0.15) is 297 Å². The summed E-state index contributed by atoms with van der Waals surface area (Å²) in [6.45, 7) is 4.46. The van der Waals surface area contributed by atoms with Crippen molar-refractivity contribution >= 4 is 39.5 Å². The molecular formula is C83H138O17P2. The highest BCUT2D eigenvalue weighted by Gasteiger charge is 2.30. The minimum absolute atomic E-state index is 0.00917. The summed E-state index contributed by atoms with van der Waals surface area (Å²) in [5.74, 6) is -2.29. The summed E-state index contributed by atoms with van der Waals surface area (Å²) in [4.78, 5) is 72.9. The van der Waals surface area contributed by atoms with Crippen molar-refractivity contribution in [3.8, 4) is 0 Å². The summed E-state index contributed by atoms with van der Waals surface area (Å²) < 4.78 is 68.4. The second-order valence-electron chi connectivity index (χ2n) is 25.5. The van der Waals surface area contributed by atoms with Crippen LogP contribution in [0.3, 0.4) is 0 Å². The van der Waals surface area contributed by atoms with Gasteiger partial charge in [0.1, 0.15) is 19.3 Å². The van der Waals surface area contributed by atoms with E-state index in [0.29, 0.717) is 32.1 Å². The number of unbranched alkanes of at least 4 members (excludes halogenated alkanes) is 22. The number of carbonyl (C=O) groups excluding carboxylic acids is 4. The van der Waals surface area contributed by atoms with E-state index in [4.69, 9.17) is 37.0 Å². The maximum Gasteiger partial charge on any atom is 0.472 e. The van der Waals surface area contributed by atoms with Gasteiger partial charge >= 0.3 is 39.5 Å². The van der Waals surface area contributed by atoms with Gasteiger partial charge in [0.15, 0.2) is 12.2 Å². The van der Waals surface area contributed by atoms with Crippen LogP contribution in [0.5, 0.6) is 0 Å². The fraction of sp³-hybridized carbons (Fsp3) is 0.663. The number of aliphatic hydroxyl groups is 1. The molecule has 0 aromatic carbocycles. The Kier molecular flexibility index (Phi) is 70.5. The monoisotopic (exact) mass is 1470 g/mol. The molecule has 0 aromatic heterocycles. The zero-order valence-electron chi connectivity index (χ0n) is 63.5. The molecule has 17 nitrogen and oxygen atoms in total. The van der Waals surface area contributed by atoms with Crippen molar-refractivity contribution in [3.05, 3.63) is 146 Å². The van der Waals surface area contributed by atoms with Gasteiger partial charge in [-0.3, -0.25) is 37.3 Å². The molecule has 0 spiro atoms. The standard InChI is InChI=1S/C83H138O17P2/c1-5-9-13-17-21-25-29-32-35-37-38-40-42-45-49-52-56-60-64-68-81(86)94-74-79(100-83(88)70-66-62-58-54-50-46-43-39-36-33-30-26-22-18-14-10-6-2)76-98-102(91,92)96-72-77(84)71-95-101(89,90)97-75-78(99-82(87)69-65-61-57-53-47-28-24-20-16-12-8-4)73-93-80(85)67-63-59-55-51-48-44-41-34-31-27-23-19-15-11-7-3/h10-11,14-15,20-27,32-36,38,40-41,43,46,54,58,77-79,84H,5-9,12-13,16-19,28-31,37,39,42,44-45,47-53,55-57,59-76H2,1-4H3,(H,89,90)(H,91,92)/b14-10-,15-11-,24-20-,25-21-,26-22-,27-23-,35-32-,36-33-,40-38-,41-34-,46-43-,58-54-. The van der Waals surface area contributed by atoms with Crippen molar-refractivity contribution in [3.63, 3.8) is 0 Å². The van der Waals surface area contributed by atoms with Crippen LogP contribution in [0, 0.1) is 0 Å². The maximum absolute atomic E-state index is 13.1. The molecule has 102 heavy (non-hydrogen) atoms. The molecule has 5 unspecified atom stereocenters. The molecule has 0 radical (unpaired) electrons. The highest BCUT2D eigenvalue weighted by atomic mass is 31.2. The van der Waals surface area contributed by atoms with E-state index in [-0.39, 0.29) is 25.7 Å². The first-order chi connectivity index (χ1) is 49.7. The number of phosphoric acid groups is 2. The minimum Gasteiger partial charge on any atom is -0.462 e. The SMILES string of the molecule is CC/C=C\C/C=C\C/C=C\C/C=C\C/C=C\CCCC(=O)OC(COC(=O)CCCCCCCC/C=C\C/C=C\C/C=C\CCCCC)COP(=O)(O)OCC(O)COP(=O)(O)OCC(COC(=O)CCCCCCC/C=C\C/C=C\C/C=C\CC)OC(=O)CCCCCCC/C=C\CCCC. The first-order valence-electron chi connectivity index (χ1n) is 39.1. The zero-order chi connectivity index (χ0) is 74.6. The first-order valence-corrected chi connectivity index (χ1v) is 42.1. The molecule has 5 atom stereocenters. The number of aliphatic hydroxyl groups excluding tert-OH is 1. The van der Waals surface area contributed by atoms with Gasteiger partial charge in [0.25, 0.3) is 0 Å². The Labute approximate surface area is 617 Å². The van der Waals surface area contributed by atoms with Crippen molar-refractivity contribution in [2.75, 3.05) is 39.6 Å². The van der Waals surface area contributed by atoms with Crippen molar-refractivity contribution in [1.29, 1.82) is 0 Å². The van der Waals surface area contributed by atoms with Crippen LogP contribution >= 0.6 is 15.6 Å². The Morgan fingerprint density at radius 3 is 0.863 bits per heavy atom.